The van der Waals surface area contributed by atoms with Crippen LogP contribution in [0.15, 0.2) is 0 Å². The number of carboxylic acids is 1. The third-order valence-electron chi connectivity index (χ3n) is 2.70. The molecule has 0 aromatic rings. The van der Waals surface area contributed by atoms with E-state index >= 15 is 0 Å². The normalized spacial score (nSPS) is 12.6. The molecule has 0 aliphatic rings. The molecule has 0 aromatic heterocycles. The average Bonchev–Trinajstić information content (AvgIpc) is 2.27. The second-order valence-corrected chi connectivity index (χ2v) is 4.09. The van der Waals surface area contributed by atoms with Gasteiger partial charge in [0.1, 0.15) is 0 Å². The van der Waals surface area contributed by atoms with Crippen LogP contribution in [0.2, 0.25) is 0 Å². The predicted molar refractivity (Wildman–Crippen MR) is 62.5 cm³/mol. The molecule has 0 spiro atoms. The van der Waals surface area contributed by atoms with Gasteiger partial charge in [-0.25, -0.2) is 0 Å². The molecule has 0 bridgehead atoms. The van der Waals surface area contributed by atoms with Crippen LogP contribution in [0, 0.1) is 0 Å². The molecule has 0 saturated carbocycles. The van der Waals surface area contributed by atoms with Crippen molar-refractivity contribution in [3.8, 4) is 0 Å². The Kier molecular flexibility index (Phi) is 10.5. The van der Waals surface area contributed by atoms with Crippen LogP contribution in [-0.4, -0.2) is 36.0 Å². The molecule has 16 heavy (non-hydrogen) atoms. The molecule has 0 radical (unpaired) electrons. The summed E-state index contributed by atoms with van der Waals surface area (Å²) < 4.78 is 5.06. The van der Waals surface area contributed by atoms with Crippen LogP contribution >= 0.6 is 0 Å². The molecule has 0 fully saturated rings. The number of unbranched alkanes of at least 4 members (excludes halogenated alkanes) is 5. The Morgan fingerprint density at radius 3 is 2.19 bits per heavy atom. The molecule has 4 nitrogen and oxygen atoms in total. The van der Waals surface area contributed by atoms with Gasteiger partial charge in [-0.05, 0) is 12.8 Å². The van der Waals surface area contributed by atoms with Crippen molar-refractivity contribution in [1.29, 1.82) is 0 Å². The lowest BCUT2D eigenvalue weighted by atomic mass is 10.1. The fraction of sp³-hybridized carbons (Fsp3) is 0.917. The zero-order valence-electron chi connectivity index (χ0n) is 10.2. The van der Waals surface area contributed by atoms with Gasteiger partial charge >= 0.3 is 5.97 Å². The highest BCUT2D eigenvalue weighted by Gasteiger charge is 2.04. The summed E-state index contributed by atoms with van der Waals surface area (Å²) in [6.07, 6.45) is 7.40. The summed E-state index contributed by atoms with van der Waals surface area (Å²) in [5.41, 5.74) is 0. The molecule has 0 heterocycles. The van der Waals surface area contributed by atoms with Crippen molar-refractivity contribution < 1.29 is 19.7 Å². The first kappa shape index (κ1) is 15.4. The van der Waals surface area contributed by atoms with Crippen LogP contribution in [0.25, 0.3) is 0 Å². The van der Waals surface area contributed by atoms with Gasteiger partial charge in [0.05, 0.1) is 12.7 Å². The van der Waals surface area contributed by atoms with E-state index in [2.05, 4.69) is 0 Å². The Morgan fingerprint density at radius 2 is 1.69 bits per heavy atom. The minimum absolute atomic E-state index is 0.0213. The van der Waals surface area contributed by atoms with Crippen LogP contribution in [0.1, 0.15) is 51.4 Å². The van der Waals surface area contributed by atoms with E-state index in [1.165, 1.54) is 0 Å². The molecular formula is C12H24O4. The number of rotatable bonds is 11. The zero-order chi connectivity index (χ0) is 12.2. The van der Waals surface area contributed by atoms with E-state index in [0.29, 0.717) is 0 Å². The maximum atomic E-state index is 10.2. The lowest BCUT2D eigenvalue weighted by molar-refractivity contribution is -0.137. The molecule has 96 valence electrons. The van der Waals surface area contributed by atoms with Crippen molar-refractivity contribution >= 4 is 5.97 Å². The maximum Gasteiger partial charge on any atom is 0.303 e. The van der Waals surface area contributed by atoms with Crippen LogP contribution < -0.4 is 0 Å². The Bertz CT molecular complexity index is 166. The monoisotopic (exact) mass is 232 g/mol. The second-order valence-electron chi connectivity index (χ2n) is 4.09. The van der Waals surface area contributed by atoms with Gasteiger partial charge in [-0.15, -0.1) is 0 Å². The molecular weight excluding hydrogens is 208 g/mol. The van der Waals surface area contributed by atoms with Crippen LogP contribution in [0.5, 0.6) is 0 Å². The Hall–Kier alpha value is -0.610. The SMILES string of the molecule is COC(CO)CCCCCCCCC(=O)O. The fourth-order valence-corrected chi connectivity index (χ4v) is 1.64. The van der Waals surface area contributed by atoms with Gasteiger partial charge in [0, 0.05) is 13.5 Å². The second kappa shape index (κ2) is 10.9. The molecule has 0 rings (SSSR count). The molecule has 1 unspecified atom stereocenters. The van der Waals surface area contributed by atoms with E-state index in [0.717, 1.165) is 44.9 Å². The number of aliphatic hydroxyl groups is 1. The fourth-order valence-electron chi connectivity index (χ4n) is 1.64. The largest absolute Gasteiger partial charge is 0.481 e. The molecule has 1 atom stereocenters. The van der Waals surface area contributed by atoms with Crippen molar-refractivity contribution in [1.82, 2.24) is 0 Å². The number of hydrogen-bond donors (Lipinski definition) is 2. The number of ether oxygens (including phenoxy) is 1. The lowest BCUT2D eigenvalue weighted by Crippen LogP contribution is -2.14. The molecule has 0 saturated heterocycles. The van der Waals surface area contributed by atoms with E-state index in [1.807, 2.05) is 0 Å². The summed E-state index contributed by atoms with van der Waals surface area (Å²) in [5.74, 6) is -0.703. The Morgan fingerprint density at radius 1 is 1.12 bits per heavy atom. The number of carboxylic acid groups (broad SMARTS) is 1. The molecule has 4 heteroatoms. The highest BCUT2D eigenvalue weighted by Crippen LogP contribution is 2.10. The van der Waals surface area contributed by atoms with Crippen molar-refractivity contribution in [3.05, 3.63) is 0 Å². The molecule has 0 aromatic carbocycles. The quantitative estimate of drug-likeness (QED) is 0.536. The number of aliphatic carboxylic acids is 1. The van der Waals surface area contributed by atoms with Crippen molar-refractivity contribution in [3.63, 3.8) is 0 Å². The van der Waals surface area contributed by atoms with Crippen molar-refractivity contribution in [2.75, 3.05) is 13.7 Å². The summed E-state index contributed by atoms with van der Waals surface area (Å²) in [6.45, 7) is 0.0924. The summed E-state index contributed by atoms with van der Waals surface area (Å²) in [6, 6.07) is 0. The summed E-state index contributed by atoms with van der Waals surface area (Å²) in [4.78, 5) is 10.2. The molecule has 2 N–H and O–H groups in total. The third-order valence-corrected chi connectivity index (χ3v) is 2.70. The maximum absolute atomic E-state index is 10.2. The average molecular weight is 232 g/mol. The first-order chi connectivity index (χ1) is 7.70. The van der Waals surface area contributed by atoms with E-state index in [9.17, 15) is 4.79 Å². The third kappa shape index (κ3) is 9.93. The summed E-state index contributed by atoms with van der Waals surface area (Å²) in [7, 11) is 1.62. The number of hydrogen-bond acceptors (Lipinski definition) is 3. The highest BCUT2D eigenvalue weighted by atomic mass is 16.5. The minimum atomic E-state index is -0.703. The lowest BCUT2D eigenvalue weighted by Gasteiger charge is -2.11. The summed E-state index contributed by atoms with van der Waals surface area (Å²) in [5, 5.41) is 17.3. The van der Waals surface area contributed by atoms with E-state index in [4.69, 9.17) is 14.9 Å². The van der Waals surface area contributed by atoms with Crippen LogP contribution in [0.4, 0.5) is 0 Å². The number of methoxy groups -OCH3 is 1. The van der Waals surface area contributed by atoms with Crippen molar-refractivity contribution in [2.45, 2.75) is 57.5 Å². The van der Waals surface area contributed by atoms with Crippen LogP contribution in [0.3, 0.4) is 0 Å². The number of carbonyl (C=O) groups is 1. The van der Waals surface area contributed by atoms with Gasteiger partial charge in [-0.2, -0.15) is 0 Å². The van der Waals surface area contributed by atoms with E-state index in [1.54, 1.807) is 7.11 Å². The van der Waals surface area contributed by atoms with Gasteiger partial charge in [-0.3, -0.25) is 4.79 Å². The van der Waals surface area contributed by atoms with Crippen LogP contribution in [-0.2, 0) is 9.53 Å². The van der Waals surface area contributed by atoms with Gasteiger partial charge in [0.15, 0.2) is 0 Å². The van der Waals surface area contributed by atoms with E-state index in [-0.39, 0.29) is 19.1 Å². The van der Waals surface area contributed by atoms with Gasteiger partial charge < -0.3 is 14.9 Å². The standard InChI is InChI=1S/C12H24O4/c1-16-11(10-13)8-6-4-2-3-5-7-9-12(14)15/h11,13H,2-10H2,1H3,(H,14,15). The van der Waals surface area contributed by atoms with E-state index < -0.39 is 5.97 Å². The van der Waals surface area contributed by atoms with Gasteiger partial charge in [0.2, 0.25) is 0 Å². The molecule has 0 aliphatic heterocycles. The van der Waals surface area contributed by atoms with Crippen molar-refractivity contribution in [2.24, 2.45) is 0 Å². The topological polar surface area (TPSA) is 66.8 Å². The summed E-state index contributed by atoms with van der Waals surface area (Å²) >= 11 is 0. The number of aliphatic hydroxyl groups excluding tert-OH is 1. The molecule has 0 amide bonds. The Balaban J connectivity index is 3.12. The first-order valence-electron chi connectivity index (χ1n) is 6.06. The Labute approximate surface area is 97.6 Å². The van der Waals surface area contributed by atoms with Gasteiger partial charge in [-0.1, -0.05) is 32.1 Å². The first-order valence-corrected chi connectivity index (χ1v) is 6.06. The zero-order valence-corrected chi connectivity index (χ0v) is 10.2. The molecule has 0 aliphatic carbocycles. The van der Waals surface area contributed by atoms with Gasteiger partial charge in [0.25, 0.3) is 0 Å². The highest BCUT2D eigenvalue weighted by molar-refractivity contribution is 5.66. The smallest absolute Gasteiger partial charge is 0.303 e. The minimum Gasteiger partial charge on any atom is -0.481 e. The predicted octanol–water partition coefficient (Wildman–Crippen LogP) is 2.20.